The van der Waals surface area contributed by atoms with Gasteiger partial charge in [-0.1, -0.05) is 25.8 Å². The summed E-state index contributed by atoms with van der Waals surface area (Å²) in [5.41, 5.74) is 0.0627. The van der Waals surface area contributed by atoms with Gasteiger partial charge in [-0.2, -0.15) is 9.97 Å². The van der Waals surface area contributed by atoms with Gasteiger partial charge in [0.05, 0.1) is 18.1 Å². The Balaban J connectivity index is 0.000000406. The molecule has 5 heterocycles. The number of benzene rings is 2. The number of hydrogen-bond donors (Lipinski definition) is 2. The number of phenolic OH excluding ortho intramolecular Hbond substituents is 1. The van der Waals surface area contributed by atoms with Gasteiger partial charge in [-0.3, -0.25) is 4.98 Å². The van der Waals surface area contributed by atoms with E-state index in [9.17, 15) is 9.50 Å². The molecule has 2 aromatic heterocycles. The van der Waals surface area contributed by atoms with Crippen LogP contribution in [-0.4, -0.2) is 77.4 Å². The number of anilines is 1. The van der Waals surface area contributed by atoms with Gasteiger partial charge in [0.15, 0.2) is 5.82 Å². The number of rotatable bonds is 3. The molecule has 4 aromatic rings. The van der Waals surface area contributed by atoms with Crippen molar-refractivity contribution in [3.8, 4) is 35.4 Å². The summed E-state index contributed by atoms with van der Waals surface area (Å²) < 4.78 is 35.9. The van der Waals surface area contributed by atoms with E-state index in [-0.39, 0.29) is 39.5 Å². The van der Waals surface area contributed by atoms with E-state index < -0.39 is 11.6 Å². The average molecular weight is 589 g/mol. The maximum absolute atomic E-state index is 16.1. The molecule has 0 aliphatic carbocycles. The van der Waals surface area contributed by atoms with Crippen molar-refractivity contribution in [3.05, 3.63) is 47.7 Å². The fourth-order valence-electron chi connectivity index (χ4n) is 6.14. The number of phenols is 1. The minimum absolute atomic E-state index is 0.0258. The number of aromatic nitrogens is 3. The summed E-state index contributed by atoms with van der Waals surface area (Å²) in [5.74, 6) is 1.42. The molecule has 0 spiro atoms. The number of aromatic hydroxyl groups is 1. The number of ether oxygens (including phenoxy) is 1. The minimum Gasteiger partial charge on any atom is -0.508 e. The predicted octanol–water partition coefficient (Wildman–Crippen LogP) is 5.50. The van der Waals surface area contributed by atoms with Crippen LogP contribution in [0.2, 0.25) is 0 Å². The third-order valence-electron chi connectivity index (χ3n) is 8.12. The Kier molecular flexibility index (Phi) is 9.23. The molecular formula is C33H38F2N6O2. The first-order valence-electron chi connectivity index (χ1n) is 14.9. The Bertz CT molecular complexity index is 1660. The zero-order valence-electron chi connectivity index (χ0n) is 25.1. The van der Waals surface area contributed by atoms with Crippen molar-refractivity contribution in [2.45, 2.75) is 51.6 Å². The Morgan fingerprint density at radius 1 is 1.07 bits per heavy atom. The lowest BCUT2D eigenvalue weighted by Crippen LogP contribution is -2.51. The van der Waals surface area contributed by atoms with Gasteiger partial charge in [0.25, 0.3) is 0 Å². The highest BCUT2D eigenvalue weighted by molar-refractivity contribution is 6.03. The van der Waals surface area contributed by atoms with Crippen molar-refractivity contribution >= 4 is 27.5 Å². The largest absolute Gasteiger partial charge is 0.508 e. The number of pyridine rings is 1. The monoisotopic (exact) mass is 588 g/mol. The summed E-state index contributed by atoms with van der Waals surface area (Å²) in [7, 11) is 3.60. The fraction of sp³-hybridized carbons (Fsp3) is 0.424. The normalized spacial score (nSPS) is 19.4. The molecular weight excluding hydrogens is 550 g/mol. The Labute approximate surface area is 251 Å². The molecule has 2 bridgehead atoms. The number of nitrogens with one attached hydrogen (secondary N) is 1. The van der Waals surface area contributed by atoms with Crippen LogP contribution in [0.5, 0.6) is 11.8 Å². The van der Waals surface area contributed by atoms with Crippen LogP contribution < -0.4 is 15.0 Å². The van der Waals surface area contributed by atoms with Crippen molar-refractivity contribution in [3.63, 3.8) is 0 Å². The zero-order valence-corrected chi connectivity index (χ0v) is 25.1. The average Bonchev–Trinajstić information content (AvgIpc) is 3.64. The van der Waals surface area contributed by atoms with Gasteiger partial charge in [-0.25, -0.2) is 8.78 Å². The van der Waals surface area contributed by atoms with Gasteiger partial charge in [-0.15, -0.1) is 6.42 Å². The van der Waals surface area contributed by atoms with Crippen LogP contribution in [0.25, 0.3) is 32.9 Å². The summed E-state index contributed by atoms with van der Waals surface area (Å²) in [4.78, 5) is 17.7. The lowest BCUT2D eigenvalue weighted by molar-refractivity contribution is 0.380. The Morgan fingerprint density at radius 3 is 2.37 bits per heavy atom. The summed E-state index contributed by atoms with van der Waals surface area (Å²) in [6.07, 6.45) is 12.1. The number of terminal acetylenes is 1. The van der Waals surface area contributed by atoms with Crippen LogP contribution >= 0.6 is 0 Å². The van der Waals surface area contributed by atoms with Crippen LogP contribution in [0.1, 0.15) is 45.1 Å². The third kappa shape index (κ3) is 6.05. The van der Waals surface area contributed by atoms with E-state index in [1.807, 2.05) is 13.8 Å². The molecule has 2 aromatic carbocycles. The van der Waals surface area contributed by atoms with Gasteiger partial charge >= 0.3 is 6.01 Å². The molecule has 10 heteroatoms. The standard InChI is InChI=1S/C26H21F2N5O2.C5H11N.C2H6/c1-3-17-20(27)7-4-13-8-16(34)9-18(21(13)17)23-22(28)24-19(10-29-23)25(32-26(31-24)35-2)33-11-14-5-6-15(12-33)30-14;1-6-4-2-3-5-6;1-2/h1,4,7-10,14-15,30,34H,5-6,11-12H2,2H3;2-5H2,1H3;1-2H3. The van der Waals surface area contributed by atoms with E-state index in [4.69, 9.17) is 11.2 Å². The van der Waals surface area contributed by atoms with Gasteiger partial charge in [0.1, 0.15) is 28.6 Å². The van der Waals surface area contributed by atoms with Crippen molar-refractivity contribution < 1.29 is 18.6 Å². The molecule has 7 rings (SSSR count). The summed E-state index contributed by atoms with van der Waals surface area (Å²) in [6.45, 7) is 8.11. The molecule has 0 amide bonds. The summed E-state index contributed by atoms with van der Waals surface area (Å²) in [5, 5.41) is 15.1. The van der Waals surface area contributed by atoms with E-state index in [0.29, 0.717) is 28.7 Å². The second kappa shape index (κ2) is 13.1. The molecule has 3 aliphatic heterocycles. The van der Waals surface area contributed by atoms with E-state index in [1.54, 1.807) is 0 Å². The first-order chi connectivity index (χ1) is 20.9. The first kappa shape index (κ1) is 30.4. The Hall–Kier alpha value is -4.07. The molecule has 3 saturated heterocycles. The molecule has 2 atom stereocenters. The first-order valence-corrected chi connectivity index (χ1v) is 14.9. The predicted molar refractivity (Wildman–Crippen MR) is 167 cm³/mol. The van der Waals surface area contributed by atoms with E-state index in [2.05, 4.69) is 43.0 Å². The highest BCUT2D eigenvalue weighted by Crippen LogP contribution is 2.39. The highest BCUT2D eigenvalue weighted by atomic mass is 19.1. The molecule has 0 radical (unpaired) electrons. The van der Waals surface area contributed by atoms with E-state index in [1.165, 1.54) is 63.5 Å². The summed E-state index contributed by atoms with van der Waals surface area (Å²) in [6, 6.07) is 6.19. The molecule has 2 N–H and O–H groups in total. The maximum atomic E-state index is 16.1. The van der Waals surface area contributed by atoms with Gasteiger partial charge in [0.2, 0.25) is 0 Å². The van der Waals surface area contributed by atoms with Gasteiger partial charge in [-0.05, 0) is 69.4 Å². The van der Waals surface area contributed by atoms with Crippen LogP contribution in [0.4, 0.5) is 14.6 Å². The number of halogens is 2. The maximum Gasteiger partial charge on any atom is 0.318 e. The van der Waals surface area contributed by atoms with Crippen LogP contribution in [0.3, 0.4) is 0 Å². The Morgan fingerprint density at radius 2 is 1.77 bits per heavy atom. The molecule has 0 saturated carbocycles. The van der Waals surface area contributed by atoms with E-state index >= 15 is 4.39 Å². The SMILES string of the molecule is C#Cc1c(F)ccc2cc(O)cc(-c3ncc4c(N5CC6CCC(C5)N6)nc(OC)nc4c3F)c12.CC.CN1CCCC1. The molecule has 226 valence electrons. The van der Waals surface area contributed by atoms with E-state index in [0.717, 1.165) is 25.9 Å². The third-order valence-corrected chi connectivity index (χ3v) is 8.12. The van der Waals surface area contributed by atoms with Crippen molar-refractivity contribution in [2.24, 2.45) is 0 Å². The quantitative estimate of drug-likeness (QED) is 0.304. The summed E-state index contributed by atoms with van der Waals surface area (Å²) >= 11 is 0. The molecule has 2 unspecified atom stereocenters. The number of hydrogen-bond acceptors (Lipinski definition) is 8. The second-order valence-electron chi connectivity index (χ2n) is 10.9. The van der Waals surface area contributed by atoms with Gasteiger partial charge < -0.3 is 25.0 Å². The molecule has 3 aliphatic rings. The van der Waals surface area contributed by atoms with Crippen LogP contribution in [0.15, 0.2) is 30.5 Å². The topological polar surface area (TPSA) is 86.6 Å². The number of piperazine rings is 1. The van der Waals surface area contributed by atoms with Crippen molar-refractivity contribution in [2.75, 3.05) is 45.2 Å². The minimum atomic E-state index is -0.735. The van der Waals surface area contributed by atoms with Crippen LogP contribution in [0, 0.1) is 24.0 Å². The van der Waals surface area contributed by atoms with Crippen molar-refractivity contribution in [1.82, 2.24) is 25.2 Å². The lowest BCUT2D eigenvalue weighted by atomic mass is 9.96. The second-order valence-corrected chi connectivity index (χ2v) is 10.9. The van der Waals surface area contributed by atoms with Gasteiger partial charge in [0, 0.05) is 42.3 Å². The zero-order chi connectivity index (χ0) is 30.7. The smallest absolute Gasteiger partial charge is 0.318 e. The number of methoxy groups -OCH3 is 1. The molecule has 8 nitrogen and oxygen atoms in total. The molecule has 3 fully saturated rings. The lowest BCUT2D eigenvalue weighted by Gasteiger charge is -2.34. The molecule has 43 heavy (non-hydrogen) atoms. The number of likely N-dealkylation sites (tertiary alicyclic amines) is 1. The van der Waals surface area contributed by atoms with Crippen molar-refractivity contribution in [1.29, 1.82) is 0 Å². The number of fused-ring (bicyclic) bond motifs is 4. The fourth-order valence-corrected chi connectivity index (χ4v) is 6.14. The highest BCUT2D eigenvalue weighted by Gasteiger charge is 2.34. The number of nitrogens with zero attached hydrogens (tertiary/aromatic N) is 5. The van der Waals surface area contributed by atoms with Crippen LogP contribution in [-0.2, 0) is 0 Å².